The maximum Gasteiger partial charge on any atom is 0.332 e. The van der Waals surface area contributed by atoms with Crippen LogP contribution in [0.4, 0.5) is 0 Å². The number of aromatic nitrogens is 16. The van der Waals surface area contributed by atoms with Gasteiger partial charge in [0, 0.05) is 105 Å². The maximum absolute atomic E-state index is 14.9. The Hall–Kier alpha value is -9.48. The third-order valence-corrected chi connectivity index (χ3v) is 21.2. The summed E-state index contributed by atoms with van der Waals surface area (Å²) in [4.78, 5) is 138. The SMILES string of the molecule is CCCCCCCCn1c(=O)c2c(nc(-c3cc(-c4nc5c(c(=O)n(CCCCCCCC)c(=O)n5C)n4C)c4ccc5c(-c6nc7c(c(=O)n(CCCCCCCC)c(=O)n7C)n6C)cc(-c6nc7c(c(=O)n(CCCCCCCC)c(=O)n7C)n6C)c6ccc3c4c65)n2C)n(C)c1=O. The Morgan fingerprint density at radius 3 is 0.650 bits per heavy atom. The first-order valence-corrected chi connectivity index (χ1v) is 36.7. The van der Waals surface area contributed by atoms with Crippen molar-refractivity contribution in [1.82, 2.24) is 74.7 Å². The van der Waals surface area contributed by atoms with Crippen molar-refractivity contribution in [3.8, 4) is 45.6 Å². The van der Waals surface area contributed by atoms with Gasteiger partial charge >= 0.3 is 22.8 Å². The number of fused-ring (bicyclic) bond motifs is 4. The lowest BCUT2D eigenvalue weighted by Gasteiger charge is -2.20. The van der Waals surface area contributed by atoms with Crippen LogP contribution < -0.4 is 45.0 Å². The van der Waals surface area contributed by atoms with Crippen molar-refractivity contribution < 1.29 is 0 Å². The van der Waals surface area contributed by atoms with Gasteiger partial charge in [0.05, 0.1) is 0 Å². The van der Waals surface area contributed by atoms with Gasteiger partial charge in [0.1, 0.15) is 23.3 Å². The third kappa shape index (κ3) is 12.1. The lowest BCUT2D eigenvalue weighted by atomic mass is 9.85. The van der Waals surface area contributed by atoms with E-state index in [0.29, 0.717) is 104 Å². The molecule has 0 fully saturated rings. The summed E-state index contributed by atoms with van der Waals surface area (Å²) in [5.41, 5.74) is 0.126. The Kier molecular flexibility index (Phi) is 20.7. The third-order valence-electron chi connectivity index (χ3n) is 21.2. The topological polar surface area (TPSA) is 247 Å². The van der Waals surface area contributed by atoms with E-state index in [0.717, 1.165) is 128 Å². The molecule has 0 amide bonds. The van der Waals surface area contributed by atoms with Crippen molar-refractivity contribution in [2.45, 2.75) is 208 Å². The van der Waals surface area contributed by atoms with Gasteiger partial charge in [0.2, 0.25) is 0 Å². The van der Waals surface area contributed by atoms with Crippen molar-refractivity contribution >= 4 is 77.0 Å². The van der Waals surface area contributed by atoms with Crippen molar-refractivity contribution in [1.29, 1.82) is 0 Å². The Morgan fingerprint density at radius 1 is 0.260 bits per heavy atom. The molecule has 530 valence electrons. The normalized spacial score (nSPS) is 12.2. The van der Waals surface area contributed by atoms with E-state index in [1.807, 2.05) is 36.4 Å². The van der Waals surface area contributed by atoms with E-state index in [1.54, 1.807) is 74.6 Å². The molecule has 0 unspecified atom stereocenters. The number of hydrogen-bond donors (Lipinski definition) is 0. The minimum atomic E-state index is -0.475. The van der Waals surface area contributed by atoms with Gasteiger partial charge < -0.3 is 18.3 Å². The zero-order valence-electron chi connectivity index (χ0n) is 60.7. The maximum atomic E-state index is 14.9. The average molecular weight is 1360 g/mol. The van der Waals surface area contributed by atoms with Crippen LogP contribution in [0.3, 0.4) is 0 Å². The molecule has 0 aliphatic carbocycles. The van der Waals surface area contributed by atoms with Crippen molar-refractivity contribution in [3.05, 3.63) is 120 Å². The Morgan fingerprint density at radius 2 is 0.450 bits per heavy atom. The van der Waals surface area contributed by atoms with Gasteiger partial charge in [0.15, 0.2) is 44.7 Å². The highest BCUT2D eigenvalue weighted by molar-refractivity contribution is 6.31. The van der Waals surface area contributed by atoms with E-state index in [-0.39, 0.29) is 70.8 Å². The summed E-state index contributed by atoms with van der Waals surface area (Å²) in [6.07, 6.45) is 23.3. The minimum Gasteiger partial charge on any atom is -0.321 e. The molecule has 4 aromatic carbocycles. The molecule has 100 heavy (non-hydrogen) atoms. The van der Waals surface area contributed by atoms with Gasteiger partial charge in [-0.3, -0.25) is 55.7 Å². The van der Waals surface area contributed by atoms with E-state index in [2.05, 4.69) is 27.7 Å². The molecule has 8 aromatic heterocycles. The number of benzene rings is 4. The standard InChI is InChI=1S/C76H98N16O8/c1-13-17-21-25-29-33-41-89-69(93)57-65(85(9)73(89)97)77-61(81(57)5)51-45-52(62-78-66-58(82(62)6)70(94)90(74(98)86(66)10)42-34-30-26-22-18-14-2)48-39-40-50-54(64-80-68-60(84(64)8)72(96)92(76(100)88(68)12)44-36-32-28-24-20-16-4)46-53(49-38-37-47(51)55(48)56(49)50)63-79-67-59(83(63)7)71(95)91(75(99)87(67)11)43-35-31-27-23-19-15-3/h37-40,45-46H,13-36,41-44H2,1-12H3. The smallest absolute Gasteiger partial charge is 0.321 e. The molecule has 0 saturated carbocycles. The first kappa shape index (κ1) is 70.4. The van der Waals surface area contributed by atoms with Crippen molar-refractivity contribution in [3.63, 3.8) is 0 Å². The summed E-state index contributed by atoms with van der Waals surface area (Å²) in [6, 6.07) is 11.9. The van der Waals surface area contributed by atoms with Crippen molar-refractivity contribution in [2.75, 3.05) is 0 Å². The van der Waals surface area contributed by atoms with E-state index in [9.17, 15) is 38.4 Å². The fourth-order valence-electron chi connectivity index (χ4n) is 15.5. The van der Waals surface area contributed by atoms with Gasteiger partial charge in [0.25, 0.3) is 22.2 Å². The number of aryl methyl sites for hydroxylation is 8. The average Bonchev–Trinajstić information content (AvgIpc) is 1.24. The second-order valence-electron chi connectivity index (χ2n) is 27.9. The lowest BCUT2D eigenvalue weighted by molar-refractivity contribution is 0.526. The lowest BCUT2D eigenvalue weighted by Crippen LogP contribution is -2.39. The summed E-state index contributed by atoms with van der Waals surface area (Å²) in [6.45, 7) is 9.63. The highest BCUT2D eigenvalue weighted by Gasteiger charge is 2.31. The van der Waals surface area contributed by atoms with Gasteiger partial charge in [-0.1, -0.05) is 180 Å². The van der Waals surface area contributed by atoms with Crippen LogP contribution in [0.25, 0.3) is 123 Å². The molecule has 0 N–H and O–H groups in total. The van der Waals surface area contributed by atoms with Crippen LogP contribution in [0.2, 0.25) is 0 Å². The Bertz CT molecular complexity index is 4970. The molecule has 0 spiro atoms. The van der Waals surface area contributed by atoms with Crippen LogP contribution in [0, 0.1) is 0 Å². The molecule has 0 atom stereocenters. The second kappa shape index (κ2) is 29.4. The van der Waals surface area contributed by atoms with E-state index < -0.39 is 45.0 Å². The van der Waals surface area contributed by atoms with Crippen LogP contribution in [0.5, 0.6) is 0 Å². The molecule has 12 aromatic rings. The predicted molar refractivity (Wildman–Crippen MR) is 400 cm³/mol. The Labute approximate surface area is 578 Å². The molecular weight excluding hydrogens is 1260 g/mol. The van der Waals surface area contributed by atoms with Crippen molar-refractivity contribution in [2.24, 2.45) is 56.4 Å². The number of imidazole rings is 4. The molecule has 12 rings (SSSR count). The van der Waals surface area contributed by atoms with E-state index in [4.69, 9.17) is 19.9 Å². The zero-order chi connectivity index (χ0) is 71.1. The molecule has 24 heteroatoms. The number of hydrogen-bond acceptors (Lipinski definition) is 12. The summed E-state index contributed by atoms with van der Waals surface area (Å²) >= 11 is 0. The number of rotatable bonds is 32. The summed E-state index contributed by atoms with van der Waals surface area (Å²) in [5, 5.41) is 4.09. The molecule has 0 radical (unpaired) electrons. The molecule has 24 nitrogen and oxygen atoms in total. The van der Waals surface area contributed by atoms with Crippen LogP contribution in [-0.2, 0) is 82.6 Å². The summed E-state index contributed by atoms with van der Waals surface area (Å²) in [7, 11) is 13.6. The van der Waals surface area contributed by atoms with Gasteiger partial charge in [-0.15, -0.1) is 0 Å². The fourth-order valence-corrected chi connectivity index (χ4v) is 15.5. The molecular formula is C76H98N16O8. The fraction of sp³-hybridized carbons (Fsp3) is 0.526. The molecule has 0 aliphatic rings. The quantitative estimate of drug-likeness (QED) is 0.0282. The van der Waals surface area contributed by atoms with E-state index in [1.165, 1.54) is 36.5 Å². The monoisotopic (exact) mass is 1360 g/mol. The van der Waals surface area contributed by atoms with Crippen LogP contribution in [0.1, 0.15) is 182 Å². The molecule has 8 heterocycles. The summed E-state index contributed by atoms with van der Waals surface area (Å²) in [5.74, 6) is 1.42. The van der Waals surface area contributed by atoms with Gasteiger partial charge in [-0.2, -0.15) is 0 Å². The number of nitrogens with zero attached hydrogens (tertiary/aromatic N) is 16. The first-order chi connectivity index (χ1) is 48.2. The zero-order valence-corrected chi connectivity index (χ0v) is 60.7. The predicted octanol–water partition coefficient (Wildman–Crippen LogP) is 11.7. The minimum absolute atomic E-state index is 0.191. The number of unbranched alkanes of at least 4 members (excludes halogenated alkanes) is 20. The molecule has 0 saturated heterocycles. The molecule has 0 aliphatic heterocycles. The first-order valence-electron chi connectivity index (χ1n) is 36.7. The second-order valence-corrected chi connectivity index (χ2v) is 27.9. The van der Waals surface area contributed by atoms with Crippen LogP contribution in [0.15, 0.2) is 74.8 Å². The van der Waals surface area contributed by atoms with Gasteiger partial charge in [-0.05, 0) is 70.1 Å². The Balaban J connectivity index is 1.16. The van der Waals surface area contributed by atoms with Crippen LogP contribution >= 0.6 is 0 Å². The molecule has 0 bridgehead atoms. The highest BCUT2D eigenvalue weighted by atomic mass is 16.2. The largest absolute Gasteiger partial charge is 0.332 e. The van der Waals surface area contributed by atoms with E-state index >= 15 is 0 Å². The summed E-state index contributed by atoms with van der Waals surface area (Å²) < 4.78 is 17.9. The highest BCUT2D eigenvalue weighted by Crippen LogP contribution is 2.49. The van der Waals surface area contributed by atoms with Crippen LogP contribution in [-0.4, -0.2) is 74.7 Å². The van der Waals surface area contributed by atoms with Gasteiger partial charge in [-0.25, -0.2) is 39.1 Å².